The number of hydrogen-bond donors (Lipinski definition) is 4. The van der Waals surface area contributed by atoms with E-state index >= 15 is 0 Å². The lowest BCUT2D eigenvalue weighted by molar-refractivity contribution is -0.138. The number of H-pyrrole nitrogens is 1. The molecule has 168 valence electrons. The molecule has 3 aliphatic rings. The molecule has 1 saturated heterocycles. The van der Waals surface area contributed by atoms with Crippen molar-refractivity contribution in [2.75, 3.05) is 25.0 Å². The van der Waals surface area contributed by atoms with Crippen LogP contribution < -0.4 is 10.6 Å². The predicted molar refractivity (Wildman–Crippen MR) is 124 cm³/mol. The first-order valence-corrected chi connectivity index (χ1v) is 12.3. The lowest BCUT2D eigenvalue weighted by Gasteiger charge is -2.22. The number of aliphatic hydroxyl groups excluding tert-OH is 1. The Kier molecular flexibility index (Phi) is 4.93. The highest BCUT2D eigenvalue weighted by Crippen LogP contribution is 2.43. The van der Waals surface area contributed by atoms with E-state index in [4.69, 9.17) is 4.98 Å². The molecule has 8 nitrogen and oxygen atoms in total. The van der Waals surface area contributed by atoms with Gasteiger partial charge < -0.3 is 25.6 Å². The lowest BCUT2D eigenvalue weighted by Crippen LogP contribution is -2.37. The van der Waals surface area contributed by atoms with Crippen molar-refractivity contribution in [1.82, 2.24) is 25.2 Å². The average Bonchev–Trinajstić information content (AvgIpc) is 3.54. The van der Waals surface area contributed by atoms with E-state index in [1.807, 2.05) is 17.3 Å². The Labute approximate surface area is 190 Å². The fourth-order valence-electron chi connectivity index (χ4n) is 5.63. The highest BCUT2D eigenvalue weighted by atomic mass is 32.1. The minimum absolute atomic E-state index is 0.142. The Balaban J connectivity index is 1.27. The van der Waals surface area contributed by atoms with Gasteiger partial charge in [0.2, 0.25) is 0 Å². The van der Waals surface area contributed by atoms with E-state index in [2.05, 4.69) is 26.7 Å². The minimum Gasteiger partial charge on any atom is -0.384 e. The summed E-state index contributed by atoms with van der Waals surface area (Å²) in [7, 11) is 0. The molecule has 3 aromatic heterocycles. The van der Waals surface area contributed by atoms with Gasteiger partial charge in [-0.25, -0.2) is 9.97 Å². The van der Waals surface area contributed by atoms with E-state index < -0.39 is 6.10 Å². The third kappa shape index (κ3) is 3.39. The normalized spacial score (nSPS) is 25.7. The Morgan fingerprint density at radius 3 is 2.91 bits per heavy atom. The van der Waals surface area contributed by atoms with Crippen molar-refractivity contribution in [3.05, 3.63) is 29.0 Å². The molecule has 4 atom stereocenters. The molecule has 32 heavy (non-hydrogen) atoms. The fraction of sp³-hybridized carbons (Fsp3) is 0.522. The smallest absolute Gasteiger partial charge is 0.251 e. The van der Waals surface area contributed by atoms with E-state index in [1.165, 1.54) is 4.88 Å². The number of hydrogen-bond acceptors (Lipinski definition) is 7. The van der Waals surface area contributed by atoms with Crippen molar-refractivity contribution in [2.24, 2.45) is 11.8 Å². The predicted octanol–water partition coefficient (Wildman–Crippen LogP) is 2.36. The van der Waals surface area contributed by atoms with Gasteiger partial charge in [0.25, 0.3) is 5.91 Å². The van der Waals surface area contributed by atoms with Crippen LogP contribution in [0.25, 0.3) is 21.6 Å². The van der Waals surface area contributed by atoms with Crippen LogP contribution in [0.2, 0.25) is 0 Å². The average molecular weight is 453 g/mol. The number of amides is 1. The quantitative estimate of drug-likeness (QED) is 0.484. The second-order valence-electron chi connectivity index (χ2n) is 9.35. The standard InChI is InChI=1S/C23H28N6O2S/c1-12(30)23(31)29-10-13-6-15(7-14(13)11-29)27-20-16-2-5-25-21(16)26-8-17(20)22-28-18-9-24-4-3-19(18)32-22/h2,5,8,12-15,24,30H,3-4,6-7,9-11H2,1H3,(H2,25,26,27)/t12-,13-,14+,15?/m0/s1. The summed E-state index contributed by atoms with van der Waals surface area (Å²) in [5, 5.41) is 19.0. The molecule has 0 bridgehead atoms. The van der Waals surface area contributed by atoms with Crippen molar-refractivity contribution < 1.29 is 9.90 Å². The molecule has 6 rings (SSSR count). The highest BCUT2D eigenvalue weighted by Gasteiger charge is 2.43. The number of aromatic nitrogens is 3. The van der Waals surface area contributed by atoms with Crippen LogP contribution in [-0.4, -0.2) is 62.6 Å². The molecule has 0 spiro atoms. The molecule has 2 aliphatic heterocycles. The molecular weight excluding hydrogens is 424 g/mol. The summed E-state index contributed by atoms with van der Waals surface area (Å²) >= 11 is 1.79. The third-order valence-corrected chi connectivity index (χ3v) is 8.38. The Morgan fingerprint density at radius 2 is 2.16 bits per heavy atom. The molecule has 4 N–H and O–H groups in total. The van der Waals surface area contributed by atoms with Gasteiger partial charge in [-0.3, -0.25) is 4.79 Å². The number of carbonyl (C=O) groups is 1. The van der Waals surface area contributed by atoms with Crippen molar-refractivity contribution in [3.8, 4) is 10.6 Å². The topological polar surface area (TPSA) is 106 Å². The third-order valence-electron chi connectivity index (χ3n) is 7.19. The van der Waals surface area contributed by atoms with Gasteiger partial charge in [0.1, 0.15) is 16.8 Å². The summed E-state index contributed by atoms with van der Waals surface area (Å²) in [5.74, 6) is 0.831. The molecule has 3 aromatic rings. The maximum absolute atomic E-state index is 12.2. The number of rotatable bonds is 4. The number of anilines is 1. The van der Waals surface area contributed by atoms with Crippen LogP contribution in [0.1, 0.15) is 30.3 Å². The number of thiazole rings is 1. The zero-order valence-corrected chi connectivity index (χ0v) is 18.9. The van der Waals surface area contributed by atoms with Crippen molar-refractivity contribution in [3.63, 3.8) is 0 Å². The van der Waals surface area contributed by atoms with Gasteiger partial charge in [-0.05, 0) is 44.1 Å². The Morgan fingerprint density at radius 1 is 1.34 bits per heavy atom. The summed E-state index contributed by atoms with van der Waals surface area (Å²) in [4.78, 5) is 28.2. The molecule has 1 amide bonds. The summed E-state index contributed by atoms with van der Waals surface area (Å²) < 4.78 is 0. The Hall–Kier alpha value is -2.49. The number of pyridine rings is 1. The van der Waals surface area contributed by atoms with Crippen LogP contribution in [0, 0.1) is 11.8 Å². The van der Waals surface area contributed by atoms with Crippen molar-refractivity contribution in [2.45, 2.75) is 44.9 Å². The van der Waals surface area contributed by atoms with Gasteiger partial charge in [-0.15, -0.1) is 11.3 Å². The van der Waals surface area contributed by atoms with E-state index in [-0.39, 0.29) is 5.91 Å². The molecule has 0 aromatic carbocycles. The maximum Gasteiger partial charge on any atom is 0.251 e. The minimum atomic E-state index is -0.914. The first-order valence-electron chi connectivity index (χ1n) is 11.5. The van der Waals surface area contributed by atoms with Gasteiger partial charge >= 0.3 is 0 Å². The fourth-order valence-corrected chi connectivity index (χ4v) is 6.73. The zero-order chi connectivity index (χ0) is 21.8. The molecule has 9 heteroatoms. The second kappa shape index (κ2) is 7.83. The van der Waals surface area contributed by atoms with Crippen LogP contribution in [0.4, 0.5) is 5.69 Å². The number of carbonyl (C=O) groups excluding carboxylic acids is 1. The zero-order valence-electron chi connectivity index (χ0n) is 18.1. The van der Waals surface area contributed by atoms with Crippen LogP contribution in [0.5, 0.6) is 0 Å². The van der Waals surface area contributed by atoms with E-state index in [0.717, 1.165) is 78.4 Å². The molecule has 2 fully saturated rings. The summed E-state index contributed by atoms with van der Waals surface area (Å²) in [6, 6.07) is 2.44. The number of fused-ring (bicyclic) bond motifs is 3. The molecular formula is C23H28N6O2S. The van der Waals surface area contributed by atoms with E-state index in [1.54, 1.807) is 18.3 Å². The van der Waals surface area contributed by atoms with Gasteiger partial charge in [0.15, 0.2) is 0 Å². The van der Waals surface area contributed by atoms with Gasteiger partial charge in [-0.1, -0.05) is 0 Å². The van der Waals surface area contributed by atoms with Gasteiger partial charge in [0, 0.05) is 54.9 Å². The molecule has 5 heterocycles. The second-order valence-corrected chi connectivity index (χ2v) is 10.4. The summed E-state index contributed by atoms with van der Waals surface area (Å²) in [6.07, 6.45) is 6.05. The highest BCUT2D eigenvalue weighted by molar-refractivity contribution is 7.15. The SMILES string of the molecule is C[C@H](O)C(=O)N1C[C@H]2CC(Nc3c(-c4nc5c(s4)CCNC5)cnc4[nH]ccc34)C[C@H]2C1. The summed E-state index contributed by atoms with van der Waals surface area (Å²) in [6.45, 7) is 4.90. The number of nitrogens with zero attached hydrogens (tertiary/aromatic N) is 3. The number of likely N-dealkylation sites (tertiary alicyclic amines) is 1. The molecule has 1 unspecified atom stereocenters. The monoisotopic (exact) mass is 452 g/mol. The van der Waals surface area contributed by atoms with Gasteiger partial charge in [-0.2, -0.15) is 0 Å². The van der Waals surface area contributed by atoms with Crippen LogP contribution in [-0.2, 0) is 17.8 Å². The Bertz CT molecular complexity index is 1130. The van der Waals surface area contributed by atoms with Crippen LogP contribution in [0.15, 0.2) is 18.5 Å². The number of aliphatic hydroxyl groups is 1. The molecule has 0 radical (unpaired) electrons. The largest absolute Gasteiger partial charge is 0.384 e. The lowest BCUT2D eigenvalue weighted by atomic mass is 10.0. The van der Waals surface area contributed by atoms with E-state index in [9.17, 15) is 9.90 Å². The first kappa shape index (κ1) is 20.1. The number of nitrogens with one attached hydrogen (secondary N) is 3. The molecule has 1 saturated carbocycles. The maximum atomic E-state index is 12.2. The first-order chi connectivity index (χ1) is 15.6. The van der Waals surface area contributed by atoms with Crippen molar-refractivity contribution in [1.29, 1.82) is 0 Å². The van der Waals surface area contributed by atoms with Crippen molar-refractivity contribution >= 4 is 34.0 Å². The van der Waals surface area contributed by atoms with E-state index in [0.29, 0.717) is 17.9 Å². The van der Waals surface area contributed by atoms with Gasteiger partial charge in [0.05, 0.1) is 16.9 Å². The molecule has 1 aliphatic carbocycles. The van der Waals surface area contributed by atoms with Crippen LogP contribution in [0.3, 0.4) is 0 Å². The number of aromatic amines is 1. The summed E-state index contributed by atoms with van der Waals surface area (Å²) in [5.41, 5.74) is 4.22. The van der Waals surface area contributed by atoms with Crippen LogP contribution >= 0.6 is 11.3 Å².